The maximum Gasteiger partial charge on any atom is 0.328 e. The van der Waals surface area contributed by atoms with Crippen LogP contribution in [0.5, 0.6) is 0 Å². The van der Waals surface area contributed by atoms with Gasteiger partial charge >= 0.3 is 11.9 Å². The van der Waals surface area contributed by atoms with Crippen LogP contribution < -0.4 is 5.32 Å². The molecule has 156 valence electrons. The van der Waals surface area contributed by atoms with Crippen molar-refractivity contribution in [2.24, 2.45) is 5.92 Å². The smallest absolute Gasteiger partial charge is 0.328 e. The first-order chi connectivity index (χ1) is 13.2. The number of rotatable bonds is 7. The van der Waals surface area contributed by atoms with E-state index in [-0.39, 0.29) is 5.82 Å². The van der Waals surface area contributed by atoms with Crippen molar-refractivity contribution in [3.8, 4) is 0 Å². The quantitative estimate of drug-likeness (QED) is 0.592. The highest BCUT2D eigenvalue weighted by Gasteiger charge is 2.22. The number of hydrogen-bond donors (Lipinski definition) is 3. The van der Waals surface area contributed by atoms with Crippen LogP contribution in [0.2, 0.25) is 5.02 Å². The second-order valence-electron chi connectivity index (χ2n) is 7.05. The SMILES string of the molecule is CC(C)CN(Cc1ccc(F)cc1Cl)C1CCNCC1.O=C(O)C=CC(=O)O. The molecule has 0 spiro atoms. The molecule has 8 heteroatoms. The normalized spacial score (nSPS) is 14.9. The van der Waals surface area contributed by atoms with Crippen molar-refractivity contribution >= 4 is 23.5 Å². The van der Waals surface area contributed by atoms with Crippen LogP contribution >= 0.6 is 11.6 Å². The number of nitrogens with zero attached hydrogens (tertiary/aromatic N) is 1. The van der Waals surface area contributed by atoms with Crippen molar-refractivity contribution in [3.05, 3.63) is 46.8 Å². The van der Waals surface area contributed by atoms with Gasteiger partial charge in [-0.05, 0) is 49.5 Å². The Morgan fingerprint density at radius 2 is 1.82 bits per heavy atom. The Balaban J connectivity index is 0.000000416. The average molecular weight is 415 g/mol. The van der Waals surface area contributed by atoms with Crippen molar-refractivity contribution in [2.75, 3.05) is 19.6 Å². The highest BCUT2D eigenvalue weighted by atomic mass is 35.5. The summed E-state index contributed by atoms with van der Waals surface area (Å²) in [7, 11) is 0. The molecule has 1 aromatic carbocycles. The summed E-state index contributed by atoms with van der Waals surface area (Å²) in [6.45, 7) is 8.49. The van der Waals surface area contributed by atoms with Crippen LogP contribution in [0.15, 0.2) is 30.4 Å². The van der Waals surface area contributed by atoms with Crippen molar-refractivity contribution in [1.29, 1.82) is 0 Å². The van der Waals surface area contributed by atoms with Crippen LogP contribution in [-0.4, -0.2) is 52.7 Å². The lowest BCUT2D eigenvalue weighted by atomic mass is 10.0. The van der Waals surface area contributed by atoms with Gasteiger partial charge in [-0.25, -0.2) is 14.0 Å². The standard InChI is InChI=1S/C16H24ClFN2.C4H4O4/c1-12(2)10-20(15-5-7-19-8-6-15)11-13-3-4-14(18)9-16(13)17;5-3(6)1-2-4(7)8/h3-4,9,12,15,19H,5-8,10-11H2,1-2H3;1-2H,(H,5,6)(H,7,8). The summed E-state index contributed by atoms with van der Waals surface area (Å²) < 4.78 is 13.1. The van der Waals surface area contributed by atoms with E-state index in [1.165, 1.54) is 25.0 Å². The number of nitrogens with one attached hydrogen (secondary N) is 1. The maximum absolute atomic E-state index is 13.1. The van der Waals surface area contributed by atoms with Gasteiger partial charge in [-0.3, -0.25) is 4.90 Å². The van der Waals surface area contributed by atoms with E-state index in [2.05, 4.69) is 24.1 Å². The third kappa shape index (κ3) is 9.82. The van der Waals surface area contributed by atoms with E-state index in [0.29, 0.717) is 29.1 Å². The summed E-state index contributed by atoms with van der Waals surface area (Å²) in [4.78, 5) is 21.6. The van der Waals surface area contributed by atoms with Crippen LogP contribution in [0.1, 0.15) is 32.3 Å². The van der Waals surface area contributed by atoms with Gasteiger partial charge in [0, 0.05) is 36.3 Å². The topological polar surface area (TPSA) is 89.9 Å². The van der Waals surface area contributed by atoms with Crippen molar-refractivity contribution in [3.63, 3.8) is 0 Å². The van der Waals surface area contributed by atoms with E-state index in [1.807, 2.05) is 6.07 Å². The molecule has 0 unspecified atom stereocenters. The molecule has 0 saturated carbocycles. The second-order valence-corrected chi connectivity index (χ2v) is 7.46. The number of piperidine rings is 1. The van der Waals surface area contributed by atoms with E-state index < -0.39 is 11.9 Å². The first kappa shape index (κ1) is 24.1. The zero-order valence-electron chi connectivity index (χ0n) is 16.2. The van der Waals surface area contributed by atoms with Gasteiger partial charge in [0.05, 0.1) is 0 Å². The molecule has 0 aliphatic carbocycles. The van der Waals surface area contributed by atoms with E-state index in [9.17, 15) is 14.0 Å². The van der Waals surface area contributed by atoms with Gasteiger partial charge in [-0.2, -0.15) is 0 Å². The molecule has 3 N–H and O–H groups in total. The fourth-order valence-corrected chi connectivity index (χ4v) is 3.22. The maximum atomic E-state index is 13.1. The predicted molar refractivity (Wildman–Crippen MR) is 107 cm³/mol. The van der Waals surface area contributed by atoms with Gasteiger partial charge in [-0.1, -0.05) is 31.5 Å². The van der Waals surface area contributed by atoms with Gasteiger partial charge in [0.2, 0.25) is 0 Å². The number of halogens is 2. The zero-order chi connectivity index (χ0) is 21.1. The molecule has 1 aliphatic heterocycles. The summed E-state index contributed by atoms with van der Waals surface area (Å²) in [5.41, 5.74) is 1.02. The van der Waals surface area contributed by atoms with Crippen molar-refractivity contribution < 1.29 is 24.2 Å². The van der Waals surface area contributed by atoms with Crippen molar-refractivity contribution in [1.82, 2.24) is 10.2 Å². The van der Waals surface area contributed by atoms with Gasteiger partial charge in [0.1, 0.15) is 5.82 Å². The van der Waals surface area contributed by atoms with Crippen molar-refractivity contribution in [2.45, 2.75) is 39.3 Å². The molecular weight excluding hydrogens is 387 g/mol. The Kier molecular flexibility index (Phi) is 10.7. The molecule has 0 atom stereocenters. The predicted octanol–water partition coefficient (Wildman–Crippen LogP) is 3.40. The van der Waals surface area contributed by atoms with Gasteiger partial charge < -0.3 is 15.5 Å². The summed E-state index contributed by atoms with van der Waals surface area (Å²) >= 11 is 6.17. The largest absolute Gasteiger partial charge is 0.478 e. The van der Waals surface area contributed by atoms with Crippen LogP contribution in [0.25, 0.3) is 0 Å². The summed E-state index contributed by atoms with van der Waals surface area (Å²) in [5.74, 6) is -2.17. The van der Waals surface area contributed by atoms with E-state index in [1.54, 1.807) is 0 Å². The van der Waals surface area contributed by atoms with Crippen LogP contribution in [-0.2, 0) is 16.1 Å². The fraction of sp³-hybridized carbons (Fsp3) is 0.500. The summed E-state index contributed by atoms with van der Waals surface area (Å²) in [6, 6.07) is 5.32. The third-order valence-electron chi connectivity index (χ3n) is 4.18. The molecule has 0 bridgehead atoms. The molecule has 0 aromatic heterocycles. The van der Waals surface area contributed by atoms with E-state index >= 15 is 0 Å². The van der Waals surface area contributed by atoms with E-state index in [0.717, 1.165) is 31.7 Å². The summed E-state index contributed by atoms with van der Waals surface area (Å²) in [5, 5.41) is 19.6. The molecule has 1 heterocycles. The minimum atomic E-state index is -1.26. The number of benzene rings is 1. The molecular formula is C20H28ClFN2O4. The average Bonchev–Trinajstić information content (AvgIpc) is 2.62. The molecule has 2 rings (SSSR count). The molecule has 1 saturated heterocycles. The highest BCUT2D eigenvalue weighted by Crippen LogP contribution is 2.23. The zero-order valence-corrected chi connectivity index (χ0v) is 17.0. The monoisotopic (exact) mass is 414 g/mol. The third-order valence-corrected chi connectivity index (χ3v) is 4.53. The number of carboxylic acids is 2. The van der Waals surface area contributed by atoms with Gasteiger partial charge in [-0.15, -0.1) is 0 Å². The second kappa shape index (κ2) is 12.5. The number of aliphatic carboxylic acids is 2. The lowest BCUT2D eigenvalue weighted by Gasteiger charge is -2.36. The lowest BCUT2D eigenvalue weighted by Crippen LogP contribution is -2.44. The molecule has 28 heavy (non-hydrogen) atoms. The van der Waals surface area contributed by atoms with Gasteiger partial charge in [0.15, 0.2) is 0 Å². The molecule has 1 fully saturated rings. The molecule has 0 amide bonds. The molecule has 0 radical (unpaired) electrons. The Morgan fingerprint density at radius 3 is 2.29 bits per heavy atom. The Hall–Kier alpha value is -1.96. The number of carbonyl (C=O) groups is 2. The molecule has 6 nitrogen and oxygen atoms in total. The molecule has 1 aromatic rings. The van der Waals surface area contributed by atoms with Crippen LogP contribution in [0, 0.1) is 11.7 Å². The van der Waals surface area contributed by atoms with Crippen LogP contribution in [0.3, 0.4) is 0 Å². The van der Waals surface area contributed by atoms with Gasteiger partial charge in [0.25, 0.3) is 0 Å². The highest BCUT2D eigenvalue weighted by molar-refractivity contribution is 6.31. The first-order valence-electron chi connectivity index (χ1n) is 9.21. The Labute approximate surface area is 170 Å². The molecule has 1 aliphatic rings. The van der Waals surface area contributed by atoms with Crippen LogP contribution in [0.4, 0.5) is 4.39 Å². The minimum absolute atomic E-state index is 0.268. The lowest BCUT2D eigenvalue weighted by molar-refractivity contribution is -0.134. The number of hydrogen-bond acceptors (Lipinski definition) is 4. The number of carboxylic acid groups (broad SMARTS) is 2. The first-order valence-corrected chi connectivity index (χ1v) is 9.59. The van der Waals surface area contributed by atoms with E-state index in [4.69, 9.17) is 21.8 Å². The fourth-order valence-electron chi connectivity index (χ4n) is 2.99. The summed E-state index contributed by atoms with van der Waals surface area (Å²) in [6.07, 6.45) is 3.46. The Morgan fingerprint density at radius 1 is 1.25 bits per heavy atom. The minimum Gasteiger partial charge on any atom is -0.478 e. The Bertz CT molecular complexity index is 660.